The highest BCUT2D eigenvalue weighted by atomic mass is 79.9. The number of benzene rings is 1. The van der Waals surface area contributed by atoms with E-state index in [2.05, 4.69) is 38.0 Å². The Labute approximate surface area is 159 Å². The van der Waals surface area contributed by atoms with Gasteiger partial charge in [-0.1, -0.05) is 34.1 Å². The summed E-state index contributed by atoms with van der Waals surface area (Å²) in [6, 6.07) is 21.6. The van der Waals surface area contributed by atoms with E-state index >= 15 is 0 Å². The molecule has 0 atom stereocenters. The fourth-order valence-corrected chi connectivity index (χ4v) is 3.00. The van der Waals surface area contributed by atoms with Crippen molar-refractivity contribution in [2.75, 3.05) is 5.73 Å². The van der Waals surface area contributed by atoms with Crippen molar-refractivity contribution in [3.05, 3.63) is 83.6 Å². The Kier molecular flexibility index (Phi) is 4.46. The number of hydrogen-bond acceptors (Lipinski definition) is 4. The van der Waals surface area contributed by atoms with Crippen molar-refractivity contribution in [1.29, 1.82) is 0 Å². The summed E-state index contributed by atoms with van der Waals surface area (Å²) in [6.45, 7) is 0. The Morgan fingerprint density at radius 1 is 0.692 bits per heavy atom. The van der Waals surface area contributed by atoms with E-state index in [-0.39, 0.29) is 0 Å². The van der Waals surface area contributed by atoms with E-state index in [9.17, 15) is 0 Å². The van der Waals surface area contributed by atoms with Gasteiger partial charge in [-0.3, -0.25) is 9.97 Å². The van der Waals surface area contributed by atoms with Crippen molar-refractivity contribution in [1.82, 2.24) is 15.0 Å². The normalized spacial score (nSPS) is 10.7. The van der Waals surface area contributed by atoms with Gasteiger partial charge in [0.05, 0.1) is 22.8 Å². The predicted octanol–water partition coefficient (Wildman–Crippen LogP) is 5.22. The van der Waals surface area contributed by atoms with Gasteiger partial charge >= 0.3 is 0 Å². The van der Waals surface area contributed by atoms with E-state index in [1.54, 1.807) is 12.4 Å². The van der Waals surface area contributed by atoms with Crippen molar-refractivity contribution < 1.29 is 0 Å². The first kappa shape index (κ1) is 16.4. The topological polar surface area (TPSA) is 64.7 Å². The van der Waals surface area contributed by atoms with E-state index in [4.69, 9.17) is 10.7 Å². The Balaban J connectivity index is 1.93. The van der Waals surface area contributed by atoms with Gasteiger partial charge < -0.3 is 5.73 Å². The molecule has 4 nitrogen and oxygen atoms in total. The van der Waals surface area contributed by atoms with Crippen molar-refractivity contribution in [2.45, 2.75) is 0 Å². The maximum Gasteiger partial charge on any atom is 0.112 e. The maximum absolute atomic E-state index is 6.13. The molecular weight excluding hydrogens is 388 g/mol. The van der Waals surface area contributed by atoms with Crippen LogP contribution in [0, 0.1) is 0 Å². The van der Waals surface area contributed by atoms with Gasteiger partial charge in [0.25, 0.3) is 0 Å². The molecule has 0 saturated heterocycles. The molecule has 0 aliphatic heterocycles. The van der Waals surface area contributed by atoms with Crippen LogP contribution in [0.4, 0.5) is 5.69 Å². The van der Waals surface area contributed by atoms with E-state index < -0.39 is 0 Å². The van der Waals surface area contributed by atoms with Crippen LogP contribution in [-0.4, -0.2) is 15.0 Å². The van der Waals surface area contributed by atoms with Crippen molar-refractivity contribution >= 4 is 21.6 Å². The molecule has 1 aromatic carbocycles. The highest BCUT2D eigenvalue weighted by molar-refractivity contribution is 9.10. The molecule has 0 spiro atoms. The fraction of sp³-hybridized carbons (Fsp3) is 0. The molecule has 0 saturated carbocycles. The molecule has 4 aromatic rings. The van der Waals surface area contributed by atoms with Gasteiger partial charge in [0.2, 0.25) is 0 Å². The van der Waals surface area contributed by atoms with E-state index in [0.717, 1.165) is 32.7 Å². The second-order valence-corrected chi connectivity index (χ2v) is 6.71. The molecule has 0 amide bonds. The van der Waals surface area contributed by atoms with Crippen LogP contribution in [0.1, 0.15) is 0 Å². The van der Waals surface area contributed by atoms with Crippen LogP contribution in [0.25, 0.3) is 33.9 Å². The van der Waals surface area contributed by atoms with Gasteiger partial charge in [-0.25, -0.2) is 4.98 Å². The second kappa shape index (κ2) is 7.06. The molecule has 0 unspecified atom stereocenters. The van der Waals surface area contributed by atoms with Gasteiger partial charge in [-0.05, 0) is 59.7 Å². The summed E-state index contributed by atoms with van der Waals surface area (Å²) in [5, 5.41) is 0. The van der Waals surface area contributed by atoms with Crippen LogP contribution in [0.5, 0.6) is 0 Å². The summed E-state index contributed by atoms with van der Waals surface area (Å²) < 4.78 is 1.04. The minimum atomic E-state index is 0.597. The molecule has 3 heterocycles. The summed E-state index contributed by atoms with van der Waals surface area (Å²) >= 11 is 3.48. The third-order valence-corrected chi connectivity index (χ3v) is 4.54. The molecule has 5 heteroatoms. The molecule has 0 fully saturated rings. The number of nitrogen functional groups attached to an aromatic ring is 1. The number of halogens is 1. The van der Waals surface area contributed by atoms with Crippen LogP contribution < -0.4 is 5.73 Å². The lowest BCUT2D eigenvalue weighted by Gasteiger charge is -2.10. The number of anilines is 1. The molecule has 2 N–H and O–H groups in total. The highest BCUT2D eigenvalue weighted by Gasteiger charge is 2.12. The predicted molar refractivity (Wildman–Crippen MR) is 108 cm³/mol. The number of hydrogen-bond donors (Lipinski definition) is 1. The number of pyridine rings is 3. The standard InChI is InChI=1S/C21H15BrN4/c22-16-8-6-14(7-9-16)15-12-19(18-5-1-2-10-24-18)26-20(13-15)21-17(23)4-3-11-25-21/h1-13H,23H2. The van der Waals surface area contributed by atoms with Crippen LogP contribution >= 0.6 is 15.9 Å². The lowest BCUT2D eigenvalue weighted by molar-refractivity contribution is 1.22. The van der Waals surface area contributed by atoms with Gasteiger partial charge in [0.1, 0.15) is 5.69 Å². The van der Waals surface area contributed by atoms with Crippen molar-refractivity contribution in [2.24, 2.45) is 0 Å². The third-order valence-electron chi connectivity index (χ3n) is 4.01. The summed E-state index contributed by atoms with van der Waals surface area (Å²) in [7, 11) is 0. The summed E-state index contributed by atoms with van der Waals surface area (Å²) in [5.74, 6) is 0. The van der Waals surface area contributed by atoms with Gasteiger partial charge in [-0.2, -0.15) is 0 Å². The summed E-state index contributed by atoms with van der Waals surface area (Å²) in [6.07, 6.45) is 3.48. The first-order valence-electron chi connectivity index (χ1n) is 8.11. The quantitative estimate of drug-likeness (QED) is 0.510. The Hall–Kier alpha value is -3.05. The lowest BCUT2D eigenvalue weighted by Crippen LogP contribution is -1.97. The lowest BCUT2D eigenvalue weighted by atomic mass is 10.0. The molecular formula is C21H15BrN4. The Bertz CT molecular complexity index is 1050. The molecule has 0 radical (unpaired) electrons. The van der Waals surface area contributed by atoms with Gasteiger partial charge in [0.15, 0.2) is 0 Å². The first-order chi connectivity index (χ1) is 12.7. The average molecular weight is 403 g/mol. The number of rotatable bonds is 3. The van der Waals surface area contributed by atoms with Crippen LogP contribution in [0.2, 0.25) is 0 Å². The number of aromatic nitrogens is 3. The van der Waals surface area contributed by atoms with Crippen LogP contribution in [-0.2, 0) is 0 Å². The molecule has 0 aliphatic rings. The second-order valence-electron chi connectivity index (χ2n) is 5.79. The molecule has 3 aromatic heterocycles. The number of nitrogens with zero attached hydrogens (tertiary/aromatic N) is 3. The summed E-state index contributed by atoms with van der Waals surface area (Å²) in [4.78, 5) is 13.6. The Morgan fingerprint density at radius 2 is 1.46 bits per heavy atom. The summed E-state index contributed by atoms with van der Waals surface area (Å²) in [5.41, 5.74) is 11.8. The van der Waals surface area contributed by atoms with E-state index in [1.807, 2.05) is 54.6 Å². The maximum atomic E-state index is 6.13. The monoisotopic (exact) mass is 402 g/mol. The largest absolute Gasteiger partial charge is 0.397 e. The minimum absolute atomic E-state index is 0.597. The fourth-order valence-electron chi connectivity index (χ4n) is 2.74. The van der Waals surface area contributed by atoms with Gasteiger partial charge in [0, 0.05) is 16.9 Å². The Morgan fingerprint density at radius 3 is 2.19 bits per heavy atom. The zero-order valence-corrected chi connectivity index (χ0v) is 15.4. The highest BCUT2D eigenvalue weighted by Crippen LogP contribution is 2.31. The molecule has 126 valence electrons. The van der Waals surface area contributed by atoms with Crippen LogP contribution in [0.15, 0.2) is 83.6 Å². The third kappa shape index (κ3) is 3.34. The minimum Gasteiger partial charge on any atom is -0.397 e. The van der Waals surface area contributed by atoms with E-state index in [1.165, 1.54) is 0 Å². The zero-order valence-electron chi connectivity index (χ0n) is 13.8. The smallest absolute Gasteiger partial charge is 0.112 e. The molecule has 0 bridgehead atoms. The van der Waals surface area contributed by atoms with Crippen molar-refractivity contribution in [3.8, 4) is 33.9 Å². The van der Waals surface area contributed by atoms with Crippen molar-refractivity contribution in [3.63, 3.8) is 0 Å². The van der Waals surface area contributed by atoms with E-state index in [0.29, 0.717) is 11.4 Å². The molecule has 0 aliphatic carbocycles. The zero-order chi connectivity index (χ0) is 17.9. The number of nitrogens with two attached hydrogens (primary N) is 1. The first-order valence-corrected chi connectivity index (χ1v) is 8.90. The average Bonchev–Trinajstić information content (AvgIpc) is 2.69. The van der Waals surface area contributed by atoms with Gasteiger partial charge in [-0.15, -0.1) is 0 Å². The SMILES string of the molecule is Nc1cccnc1-c1cc(-c2ccc(Br)cc2)cc(-c2ccccn2)n1. The molecule has 4 rings (SSSR count). The van der Waals surface area contributed by atoms with Crippen LogP contribution in [0.3, 0.4) is 0 Å². The molecule has 26 heavy (non-hydrogen) atoms.